The molecule has 5 nitrogen and oxygen atoms in total. The zero-order valence-corrected chi connectivity index (χ0v) is 20.4. The smallest absolute Gasteiger partial charge is 0.194 e. The number of Topliss-reactive ketones (excluding diaryl/α,β-unsaturated/α-hetero) is 2. The normalized spacial score (nSPS) is 12.9. The molecule has 0 radical (unpaired) electrons. The van der Waals surface area contributed by atoms with Crippen LogP contribution < -0.4 is 0 Å². The van der Waals surface area contributed by atoms with E-state index in [1.807, 2.05) is 91.0 Å². The second-order valence-corrected chi connectivity index (χ2v) is 8.96. The van der Waals surface area contributed by atoms with Gasteiger partial charge in [-0.3, -0.25) is 9.59 Å². The average Bonchev–Trinajstić information content (AvgIpc) is 2.99. The number of allylic oxidation sites excluding steroid dienone is 2. The molecular weight excluding hydrogens is 470 g/mol. The van der Waals surface area contributed by atoms with Crippen molar-refractivity contribution in [2.24, 2.45) is 0 Å². The molecular formula is C33H21N3O2. The van der Waals surface area contributed by atoms with E-state index in [0.29, 0.717) is 34.2 Å². The Labute approximate surface area is 219 Å². The molecule has 0 amide bonds. The number of aromatic nitrogens is 3. The van der Waals surface area contributed by atoms with Gasteiger partial charge < -0.3 is 0 Å². The Kier molecular flexibility index (Phi) is 5.66. The molecule has 1 heterocycles. The summed E-state index contributed by atoms with van der Waals surface area (Å²) in [5.41, 5.74) is 4.89. The van der Waals surface area contributed by atoms with Crippen molar-refractivity contribution in [1.82, 2.24) is 15.0 Å². The van der Waals surface area contributed by atoms with Gasteiger partial charge in [0, 0.05) is 39.0 Å². The van der Waals surface area contributed by atoms with Crippen LogP contribution in [0.15, 0.2) is 127 Å². The molecule has 0 bridgehead atoms. The summed E-state index contributed by atoms with van der Waals surface area (Å²) in [5.74, 6) is 1.06. The molecule has 0 fully saturated rings. The van der Waals surface area contributed by atoms with Crippen LogP contribution in [-0.2, 0) is 0 Å². The van der Waals surface area contributed by atoms with Crippen molar-refractivity contribution < 1.29 is 9.59 Å². The molecule has 6 rings (SSSR count). The van der Waals surface area contributed by atoms with Gasteiger partial charge in [0.15, 0.2) is 29.0 Å². The molecule has 0 atom stereocenters. The summed E-state index contributed by atoms with van der Waals surface area (Å²) < 4.78 is 0. The van der Waals surface area contributed by atoms with Gasteiger partial charge in [-0.1, -0.05) is 110 Å². The third kappa shape index (κ3) is 3.96. The number of carbonyl (C=O) groups is 2. The summed E-state index contributed by atoms with van der Waals surface area (Å²) in [7, 11) is 0. The number of benzene rings is 4. The molecule has 0 saturated carbocycles. The number of carbonyl (C=O) groups excluding carboxylic acids is 2. The standard InChI is InChI=1S/C33H21N3O2/c1-20-21(2)30(38)28-26(17-10-18-27(28)29(20)37)24-15-9-16-25(19-24)33-35-31(22-11-5-3-6-12-22)34-32(36-33)23-13-7-4-8-14-23/h3-19H,1-2H2. The van der Waals surface area contributed by atoms with Gasteiger partial charge in [-0.2, -0.15) is 0 Å². The zero-order valence-electron chi connectivity index (χ0n) is 20.4. The van der Waals surface area contributed by atoms with Gasteiger partial charge in [-0.15, -0.1) is 0 Å². The second-order valence-electron chi connectivity index (χ2n) is 8.96. The van der Waals surface area contributed by atoms with Crippen molar-refractivity contribution in [2.45, 2.75) is 0 Å². The third-order valence-electron chi connectivity index (χ3n) is 6.58. The fourth-order valence-corrected chi connectivity index (χ4v) is 4.58. The van der Waals surface area contributed by atoms with Crippen LogP contribution in [0.25, 0.3) is 45.3 Å². The van der Waals surface area contributed by atoms with Gasteiger partial charge in [0.05, 0.1) is 0 Å². The van der Waals surface area contributed by atoms with E-state index in [9.17, 15) is 9.59 Å². The van der Waals surface area contributed by atoms with E-state index in [0.717, 1.165) is 22.3 Å². The Morgan fingerprint density at radius 2 is 0.895 bits per heavy atom. The zero-order chi connectivity index (χ0) is 26.2. The highest BCUT2D eigenvalue weighted by molar-refractivity contribution is 6.32. The Balaban J connectivity index is 1.52. The maximum absolute atomic E-state index is 13.2. The molecule has 0 aliphatic heterocycles. The molecule has 180 valence electrons. The first-order valence-electron chi connectivity index (χ1n) is 12.1. The van der Waals surface area contributed by atoms with Gasteiger partial charge in [0.2, 0.25) is 0 Å². The molecule has 5 aromatic rings. The lowest BCUT2D eigenvalue weighted by atomic mass is 9.80. The fourth-order valence-electron chi connectivity index (χ4n) is 4.58. The summed E-state index contributed by atoms with van der Waals surface area (Å²) in [6.45, 7) is 7.56. The lowest BCUT2D eigenvalue weighted by Gasteiger charge is -2.21. The number of ketones is 2. The lowest BCUT2D eigenvalue weighted by Crippen LogP contribution is -2.22. The van der Waals surface area contributed by atoms with E-state index in [-0.39, 0.29) is 22.7 Å². The summed E-state index contributed by atoms with van der Waals surface area (Å²) in [6, 6.07) is 32.4. The van der Waals surface area contributed by atoms with Gasteiger partial charge in [-0.25, -0.2) is 15.0 Å². The van der Waals surface area contributed by atoms with Crippen LogP contribution in [-0.4, -0.2) is 26.5 Å². The van der Waals surface area contributed by atoms with Gasteiger partial charge in [0.25, 0.3) is 0 Å². The second kappa shape index (κ2) is 9.30. The van der Waals surface area contributed by atoms with E-state index in [2.05, 4.69) is 13.2 Å². The first-order valence-corrected chi connectivity index (χ1v) is 12.1. The summed E-state index contributed by atoms with van der Waals surface area (Å²) in [6.07, 6.45) is 0. The first kappa shape index (κ1) is 23.1. The molecule has 38 heavy (non-hydrogen) atoms. The van der Waals surface area contributed by atoms with E-state index in [4.69, 9.17) is 15.0 Å². The maximum atomic E-state index is 13.2. The van der Waals surface area contributed by atoms with Crippen molar-refractivity contribution in [3.05, 3.63) is 139 Å². The molecule has 1 aliphatic rings. The minimum absolute atomic E-state index is 0.128. The van der Waals surface area contributed by atoms with Crippen LogP contribution in [0.2, 0.25) is 0 Å². The molecule has 5 heteroatoms. The van der Waals surface area contributed by atoms with E-state index < -0.39 is 0 Å². The maximum Gasteiger partial charge on any atom is 0.194 e. The Morgan fingerprint density at radius 1 is 0.447 bits per heavy atom. The number of rotatable bonds is 4. The highest BCUT2D eigenvalue weighted by Gasteiger charge is 2.32. The van der Waals surface area contributed by atoms with Gasteiger partial charge in [0.1, 0.15) is 0 Å². The average molecular weight is 492 g/mol. The Morgan fingerprint density at radius 3 is 1.50 bits per heavy atom. The van der Waals surface area contributed by atoms with E-state index >= 15 is 0 Å². The van der Waals surface area contributed by atoms with E-state index in [1.54, 1.807) is 12.1 Å². The molecule has 0 unspecified atom stereocenters. The molecule has 1 aliphatic carbocycles. The van der Waals surface area contributed by atoms with Gasteiger partial charge >= 0.3 is 0 Å². The van der Waals surface area contributed by atoms with Gasteiger partial charge in [-0.05, 0) is 17.2 Å². The van der Waals surface area contributed by atoms with Crippen LogP contribution in [0.4, 0.5) is 0 Å². The highest BCUT2D eigenvalue weighted by atomic mass is 16.1. The van der Waals surface area contributed by atoms with Crippen LogP contribution in [0.1, 0.15) is 20.7 Å². The summed E-state index contributed by atoms with van der Waals surface area (Å²) >= 11 is 0. The van der Waals surface area contributed by atoms with Crippen LogP contribution in [0.5, 0.6) is 0 Å². The number of hydrogen-bond donors (Lipinski definition) is 0. The summed E-state index contributed by atoms with van der Waals surface area (Å²) in [5, 5.41) is 0. The van der Waals surface area contributed by atoms with Crippen molar-refractivity contribution in [3.63, 3.8) is 0 Å². The minimum Gasteiger partial charge on any atom is -0.289 e. The predicted octanol–water partition coefficient (Wildman–Crippen LogP) is 7.03. The highest BCUT2D eigenvalue weighted by Crippen LogP contribution is 2.36. The largest absolute Gasteiger partial charge is 0.289 e. The van der Waals surface area contributed by atoms with Crippen molar-refractivity contribution in [3.8, 4) is 45.3 Å². The molecule has 0 spiro atoms. The quantitative estimate of drug-likeness (QED) is 0.252. The monoisotopic (exact) mass is 491 g/mol. The minimum atomic E-state index is -0.288. The SMILES string of the molecule is C=C1C(=C)C(=O)c2c(cccc2-c2cccc(-c3nc(-c4ccccc4)nc(-c4ccccc4)n3)c2)C1=O. The van der Waals surface area contributed by atoms with Crippen LogP contribution in [0.3, 0.4) is 0 Å². The molecule has 0 N–H and O–H groups in total. The predicted molar refractivity (Wildman–Crippen MR) is 149 cm³/mol. The fraction of sp³-hybridized carbons (Fsp3) is 0. The summed E-state index contributed by atoms with van der Waals surface area (Å²) in [4.78, 5) is 40.4. The topological polar surface area (TPSA) is 72.8 Å². The van der Waals surface area contributed by atoms with E-state index in [1.165, 1.54) is 0 Å². The number of nitrogens with zero attached hydrogens (tertiary/aromatic N) is 3. The number of fused-ring (bicyclic) bond motifs is 1. The molecule has 0 saturated heterocycles. The molecule has 1 aromatic heterocycles. The van der Waals surface area contributed by atoms with Crippen LogP contribution >= 0.6 is 0 Å². The third-order valence-corrected chi connectivity index (χ3v) is 6.58. The van der Waals surface area contributed by atoms with Crippen LogP contribution in [0, 0.1) is 0 Å². The Hall–Kier alpha value is -5.29. The molecule has 4 aromatic carbocycles. The number of hydrogen-bond acceptors (Lipinski definition) is 5. The first-order chi connectivity index (χ1) is 18.5. The van der Waals surface area contributed by atoms with Crippen molar-refractivity contribution in [1.29, 1.82) is 0 Å². The van der Waals surface area contributed by atoms with Crippen molar-refractivity contribution in [2.75, 3.05) is 0 Å². The van der Waals surface area contributed by atoms with Crippen molar-refractivity contribution >= 4 is 11.6 Å². The Bertz CT molecular complexity index is 1720. The lowest BCUT2D eigenvalue weighted by molar-refractivity contribution is 0.0974.